The summed E-state index contributed by atoms with van der Waals surface area (Å²) >= 11 is 6.09. The minimum absolute atomic E-state index is 0.0726. The molecule has 1 aliphatic rings. The third kappa shape index (κ3) is 4.55. The van der Waals surface area contributed by atoms with Gasteiger partial charge in [0, 0.05) is 19.6 Å². The number of aryl methyl sites for hydroxylation is 1. The van der Waals surface area contributed by atoms with E-state index in [1.54, 1.807) is 6.07 Å². The van der Waals surface area contributed by atoms with Crippen molar-refractivity contribution < 1.29 is 19.4 Å². The lowest BCUT2D eigenvalue weighted by molar-refractivity contribution is -0.0331. The van der Waals surface area contributed by atoms with Crippen molar-refractivity contribution in [1.82, 2.24) is 4.90 Å². The molecule has 1 saturated heterocycles. The van der Waals surface area contributed by atoms with Crippen LogP contribution in [0.1, 0.15) is 27.6 Å². The fraction of sp³-hybridized carbons (Fsp3) is 0.350. The second kappa shape index (κ2) is 8.54. The third-order valence-electron chi connectivity index (χ3n) is 4.53. The number of rotatable bonds is 6. The minimum Gasteiger partial charge on any atom is -0.491 e. The van der Waals surface area contributed by atoms with Gasteiger partial charge in [0.25, 0.3) is 0 Å². The molecule has 1 fully saturated rings. The zero-order chi connectivity index (χ0) is 18.5. The summed E-state index contributed by atoms with van der Waals surface area (Å²) < 4.78 is 11.7. The third-order valence-corrected chi connectivity index (χ3v) is 4.83. The zero-order valence-corrected chi connectivity index (χ0v) is 15.4. The lowest BCUT2D eigenvalue weighted by Gasteiger charge is -2.33. The van der Waals surface area contributed by atoms with Gasteiger partial charge in [-0.3, -0.25) is 4.90 Å². The number of carboxylic acids is 1. The fourth-order valence-electron chi connectivity index (χ4n) is 3.08. The lowest BCUT2D eigenvalue weighted by atomic mass is 10.0. The van der Waals surface area contributed by atoms with Crippen molar-refractivity contribution in [2.75, 3.05) is 32.8 Å². The standard InChI is InChI=1S/C20H22ClNO4/c1-14-4-2-3-5-16(14)19-13-22(9-11-26-19)8-10-25-18-7-6-15(20(23)24)12-17(18)21/h2-7,12,19H,8-11,13H2,1H3,(H,23,24). The molecule has 0 saturated carbocycles. The Morgan fingerprint density at radius 2 is 2.15 bits per heavy atom. The van der Waals surface area contributed by atoms with Crippen LogP contribution in [0, 0.1) is 6.92 Å². The molecule has 0 aromatic heterocycles. The Morgan fingerprint density at radius 1 is 1.35 bits per heavy atom. The second-order valence-electron chi connectivity index (χ2n) is 6.32. The lowest BCUT2D eigenvalue weighted by Crippen LogP contribution is -2.40. The first-order valence-corrected chi connectivity index (χ1v) is 8.97. The van der Waals surface area contributed by atoms with Crippen LogP contribution in [-0.2, 0) is 4.74 Å². The maximum absolute atomic E-state index is 10.9. The molecule has 1 atom stereocenters. The summed E-state index contributed by atoms with van der Waals surface area (Å²) in [4.78, 5) is 13.2. The van der Waals surface area contributed by atoms with Gasteiger partial charge in [-0.15, -0.1) is 0 Å². The van der Waals surface area contributed by atoms with Gasteiger partial charge in [-0.25, -0.2) is 4.79 Å². The summed E-state index contributed by atoms with van der Waals surface area (Å²) in [6, 6.07) is 12.8. The number of benzene rings is 2. The maximum Gasteiger partial charge on any atom is 0.335 e. The quantitative estimate of drug-likeness (QED) is 0.832. The molecule has 1 aliphatic heterocycles. The van der Waals surface area contributed by atoms with E-state index in [-0.39, 0.29) is 11.7 Å². The number of hydrogen-bond donors (Lipinski definition) is 1. The monoisotopic (exact) mass is 375 g/mol. The van der Waals surface area contributed by atoms with Crippen LogP contribution in [0.4, 0.5) is 0 Å². The summed E-state index contributed by atoms with van der Waals surface area (Å²) in [6.45, 7) is 5.70. The van der Waals surface area contributed by atoms with Crippen molar-refractivity contribution in [2.24, 2.45) is 0 Å². The number of carbonyl (C=O) groups is 1. The van der Waals surface area contributed by atoms with Crippen LogP contribution >= 0.6 is 11.6 Å². The molecule has 1 N–H and O–H groups in total. The molecule has 1 unspecified atom stereocenters. The average molecular weight is 376 g/mol. The number of halogens is 1. The highest BCUT2D eigenvalue weighted by molar-refractivity contribution is 6.32. The first kappa shape index (κ1) is 18.7. The summed E-state index contributed by atoms with van der Waals surface area (Å²) in [6.07, 6.45) is 0.0726. The highest BCUT2D eigenvalue weighted by Crippen LogP contribution is 2.27. The molecular formula is C20H22ClNO4. The van der Waals surface area contributed by atoms with E-state index in [2.05, 4.69) is 24.0 Å². The highest BCUT2D eigenvalue weighted by Gasteiger charge is 2.22. The Bertz CT molecular complexity index is 780. The van der Waals surface area contributed by atoms with E-state index < -0.39 is 5.97 Å². The Morgan fingerprint density at radius 3 is 2.88 bits per heavy atom. The van der Waals surface area contributed by atoms with Gasteiger partial charge in [0.15, 0.2) is 0 Å². The van der Waals surface area contributed by atoms with Gasteiger partial charge < -0.3 is 14.6 Å². The van der Waals surface area contributed by atoms with E-state index in [1.165, 1.54) is 23.3 Å². The summed E-state index contributed by atoms with van der Waals surface area (Å²) in [7, 11) is 0. The van der Waals surface area contributed by atoms with E-state index in [4.69, 9.17) is 26.2 Å². The van der Waals surface area contributed by atoms with Gasteiger partial charge >= 0.3 is 5.97 Å². The number of morpholine rings is 1. The van der Waals surface area contributed by atoms with Crippen molar-refractivity contribution in [3.8, 4) is 5.75 Å². The molecule has 0 amide bonds. The second-order valence-corrected chi connectivity index (χ2v) is 6.72. The molecule has 0 aliphatic carbocycles. The SMILES string of the molecule is Cc1ccccc1C1CN(CCOc2ccc(C(=O)O)cc2Cl)CCO1. The molecule has 3 rings (SSSR count). The van der Waals surface area contributed by atoms with Gasteiger partial charge in [-0.05, 0) is 36.2 Å². The van der Waals surface area contributed by atoms with Crippen molar-refractivity contribution in [3.05, 3.63) is 64.2 Å². The zero-order valence-electron chi connectivity index (χ0n) is 14.7. The predicted molar refractivity (Wildman–Crippen MR) is 100 cm³/mol. The molecule has 6 heteroatoms. The Kier molecular flexibility index (Phi) is 6.14. The van der Waals surface area contributed by atoms with E-state index in [0.717, 1.165) is 19.6 Å². The van der Waals surface area contributed by atoms with Gasteiger partial charge in [0.2, 0.25) is 0 Å². The van der Waals surface area contributed by atoms with Crippen LogP contribution in [0.3, 0.4) is 0 Å². The van der Waals surface area contributed by atoms with E-state index >= 15 is 0 Å². The van der Waals surface area contributed by atoms with E-state index in [0.29, 0.717) is 24.0 Å². The van der Waals surface area contributed by atoms with Crippen LogP contribution in [0.5, 0.6) is 5.75 Å². The number of nitrogens with zero attached hydrogens (tertiary/aromatic N) is 1. The Balaban J connectivity index is 1.54. The molecule has 5 nitrogen and oxygen atoms in total. The van der Waals surface area contributed by atoms with Crippen LogP contribution < -0.4 is 4.74 Å². The molecule has 1 heterocycles. The van der Waals surface area contributed by atoms with Gasteiger partial charge in [0.05, 0.1) is 23.3 Å². The first-order chi connectivity index (χ1) is 12.5. The largest absolute Gasteiger partial charge is 0.491 e. The number of hydrogen-bond acceptors (Lipinski definition) is 4. The summed E-state index contributed by atoms with van der Waals surface area (Å²) in [5, 5.41) is 9.28. The normalized spacial score (nSPS) is 17.8. The maximum atomic E-state index is 10.9. The van der Waals surface area contributed by atoms with Crippen LogP contribution in [0.25, 0.3) is 0 Å². The molecule has 0 bridgehead atoms. The van der Waals surface area contributed by atoms with E-state index in [9.17, 15) is 4.79 Å². The van der Waals surface area contributed by atoms with Crippen molar-refractivity contribution in [3.63, 3.8) is 0 Å². The summed E-state index contributed by atoms with van der Waals surface area (Å²) in [5.41, 5.74) is 2.61. The van der Waals surface area contributed by atoms with E-state index in [1.807, 2.05) is 12.1 Å². The molecule has 0 spiro atoms. The van der Waals surface area contributed by atoms with Crippen molar-refractivity contribution in [1.29, 1.82) is 0 Å². The molecular weight excluding hydrogens is 354 g/mol. The summed E-state index contributed by atoms with van der Waals surface area (Å²) in [5.74, 6) is -0.505. The fourth-order valence-corrected chi connectivity index (χ4v) is 3.31. The number of ether oxygens (including phenoxy) is 2. The highest BCUT2D eigenvalue weighted by atomic mass is 35.5. The average Bonchev–Trinajstić information content (AvgIpc) is 2.63. The molecule has 2 aromatic carbocycles. The Labute approximate surface area is 158 Å². The topological polar surface area (TPSA) is 59.0 Å². The van der Waals surface area contributed by atoms with Gasteiger partial charge in [0.1, 0.15) is 12.4 Å². The van der Waals surface area contributed by atoms with Crippen LogP contribution in [0.2, 0.25) is 5.02 Å². The van der Waals surface area contributed by atoms with Crippen molar-refractivity contribution in [2.45, 2.75) is 13.0 Å². The molecule has 138 valence electrons. The number of aromatic carboxylic acids is 1. The predicted octanol–water partition coefficient (Wildman–Crippen LogP) is 3.80. The van der Waals surface area contributed by atoms with Gasteiger partial charge in [-0.2, -0.15) is 0 Å². The number of carboxylic acid groups (broad SMARTS) is 1. The molecule has 2 aromatic rings. The first-order valence-electron chi connectivity index (χ1n) is 8.59. The van der Waals surface area contributed by atoms with Gasteiger partial charge in [-0.1, -0.05) is 35.9 Å². The molecule has 0 radical (unpaired) electrons. The van der Waals surface area contributed by atoms with Crippen molar-refractivity contribution >= 4 is 17.6 Å². The van der Waals surface area contributed by atoms with Crippen LogP contribution in [-0.4, -0.2) is 48.8 Å². The Hall–Kier alpha value is -2.08. The smallest absolute Gasteiger partial charge is 0.335 e. The molecule has 26 heavy (non-hydrogen) atoms. The van der Waals surface area contributed by atoms with Crippen LogP contribution in [0.15, 0.2) is 42.5 Å². The minimum atomic E-state index is -1.01.